The van der Waals surface area contributed by atoms with Gasteiger partial charge in [-0.1, -0.05) is 0 Å². The summed E-state index contributed by atoms with van der Waals surface area (Å²) >= 11 is 4.71. The van der Waals surface area contributed by atoms with E-state index in [0.29, 0.717) is 5.00 Å². The van der Waals surface area contributed by atoms with E-state index >= 15 is 0 Å². The average molecular weight is 343 g/mol. The molecule has 3 nitrogen and oxygen atoms in total. The maximum absolute atomic E-state index is 12.3. The zero-order chi connectivity index (χ0) is 13.5. The van der Waals surface area contributed by atoms with Gasteiger partial charge in [0.2, 0.25) is 0 Å². The van der Waals surface area contributed by atoms with E-state index in [9.17, 15) is 13.2 Å². The number of hydrogen-bond acceptors (Lipinski definition) is 4. The Morgan fingerprint density at radius 3 is 2.89 bits per heavy atom. The fraction of sp³-hybridized carbons (Fsp3) is 0.500. The lowest BCUT2D eigenvalue weighted by molar-refractivity contribution is -0.200. The Labute approximate surface area is 114 Å². The Hall–Kier alpha value is -0.600. The standard InChI is InChI=1S/C10H10BrF3N2OS/c1-5-6-2-15-4-16(9(6)18-8(5)11)3-7(17)10(12,13)14/h2,7,17H,3-4H2,1H3/t7-/m1/s1. The van der Waals surface area contributed by atoms with Crippen LogP contribution in [0, 0.1) is 6.92 Å². The predicted octanol–water partition coefficient (Wildman–Crippen LogP) is 2.94. The molecule has 0 spiro atoms. The van der Waals surface area contributed by atoms with Crippen LogP contribution in [0.15, 0.2) is 8.78 Å². The number of aliphatic imine (C=N–C) groups is 1. The number of halogens is 4. The molecule has 0 aromatic carbocycles. The molecule has 1 N–H and O–H groups in total. The Morgan fingerprint density at radius 2 is 2.28 bits per heavy atom. The molecule has 8 heteroatoms. The Morgan fingerprint density at radius 1 is 1.61 bits per heavy atom. The molecule has 18 heavy (non-hydrogen) atoms. The summed E-state index contributed by atoms with van der Waals surface area (Å²) in [6, 6.07) is 0. The number of rotatable bonds is 2. The molecular weight excluding hydrogens is 333 g/mol. The zero-order valence-electron chi connectivity index (χ0n) is 9.33. The van der Waals surface area contributed by atoms with Gasteiger partial charge in [0.25, 0.3) is 0 Å². The van der Waals surface area contributed by atoms with E-state index < -0.39 is 18.8 Å². The molecule has 0 unspecified atom stereocenters. The molecule has 0 saturated carbocycles. The van der Waals surface area contributed by atoms with Crippen LogP contribution < -0.4 is 4.90 Å². The van der Waals surface area contributed by atoms with Crippen molar-refractivity contribution in [3.8, 4) is 0 Å². The van der Waals surface area contributed by atoms with Crippen molar-refractivity contribution >= 4 is 38.5 Å². The molecule has 0 saturated heterocycles. The first-order chi connectivity index (χ1) is 8.30. The van der Waals surface area contributed by atoms with Crippen molar-refractivity contribution in [3.05, 3.63) is 14.9 Å². The van der Waals surface area contributed by atoms with Crippen LogP contribution in [0.3, 0.4) is 0 Å². The summed E-state index contributed by atoms with van der Waals surface area (Å²) in [4.78, 5) is 5.46. The zero-order valence-corrected chi connectivity index (χ0v) is 11.7. The van der Waals surface area contributed by atoms with Crippen molar-refractivity contribution < 1.29 is 18.3 Å². The molecule has 0 radical (unpaired) electrons. The van der Waals surface area contributed by atoms with Crippen LogP contribution in [0.4, 0.5) is 18.2 Å². The number of β-amino-alcohol motifs (C(OH)–C–C–N with tert-alkyl or cyclic N) is 1. The van der Waals surface area contributed by atoms with Gasteiger partial charge in [0.05, 0.1) is 10.3 Å². The molecule has 2 rings (SSSR count). The smallest absolute Gasteiger partial charge is 0.382 e. The quantitative estimate of drug-likeness (QED) is 0.896. The van der Waals surface area contributed by atoms with Crippen LogP contribution in [-0.4, -0.2) is 36.8 Å². The molecule has 100 valence electrons. The minimum Gasteiger partial charge on any atom is -0.382 e. The average Bonchev–Trinajstić information content (AvgIpc) is 2.56. The van der Waals surface area contributed by atoms with Gasteiger partial charge in [-0.3, -0.25) is 4.99 Å². The van der Waals surface area contributed by atoms with E-state index in [0.717, 1.165) is 14.9 Å². The molecule has 0 fully saturated rings. The van der Waals surface area contributed by atoms with Crippen LogP contribution in [0.5, 0.6) is 0 Å². The molecule has 0 amide bonds. The molecule has 2 heterocycles. The van der Waals surface area contributed by atoms with Gasteiger partial charge in [0.1, 0.15) is 11.7 Å². The van der Waals surface area contributed by atoms with E-state index in [1.54, 1.807) is 6.21 Å². The van der Waals surface area contributed by atoms with Gasteiger partial charge < -0.3 is 10.0 Å². The molecular formula is C10H10BrF3N2OS. The highest BCUT2D eigenvalue weighted by atomic mass is 79.9. The summed E-state index contributed by atoms with van der Waals surface area (Å²) in [5.41, 5.74) is 1.76. The van der Waals surface area contributed by atoms with Gasteiger partial charge in [-0.15, -0.1) is 11.3 Å². The van der Waals surface area contributed by atoms with Gasteiger partial charge in [-0.05, 0) is 28.4 Å². The highest BCUT2D eigenvalue weighted by molar-refractivity contribution is 9.11. The van der Waals surface area contributed by atoms with E-state index in [1.165, 1.54) is 16.2 Å². The second kappa shape index (κ2) is 4.82. The molecule has 1 aliphatic heterocycles. The number of fused-ring (bicyclic) bond motifs is 1. The summed E-state index contributed by atoms with van der Waals surface area (Å²) in [6.07, 6.45) is -5.31. The molecule has 0 bridgehead atoms. The lowest BCUT2D eigenvalue weighted by Crippen LogP contribution is -2.42. The molecule has 0 aliphatic carbocycles. The summed E-state index contributed by atoms with van der Waals surface area (Å²) in [6.45, 7) is 1.50. The summed E-state index contributed by atoms with van der Waals surface area (Å²) in [5.74, 6) is 0. The Kier molecular flexibility index (Phi) is 3.70. The lowest BCUT2D eigenvalue weighted by Gasteiger charge is -2.28. The van der Waals surface area contributed by atoms with Crippen molar-refractivity contribution in [1.82, 2.24) is 0 Å². The van der Waals surface area contributed by atoms with Crippen molar-refractivity contribution in [2.24, 2.45) is 4.99 Å². The van der Waals surface area contributed by atoms with Crippen molar-refractivity contribution in [2.45, 2.75) is 19.2 Å². The first kappa shape index (κ1) is 13.8. The van der Waals surface area contributed by atoms with Crippen LogP contribution in [0.1, 0.15) is 11.1 Å². The van der Waals surface area contributed by atoms with E-state index in [4.69, 9.17) is 5.11 Å². The van der Waals surface area contributed by atoms with E-state index in [1.807, 2.05) is 6.92 Å². The normalized spacial score (nSPS) is 16.9. The van der Waals surface area contributed by atoms with Crippen molar-refractivity contribution in [2.75, 3.05) is 18.1 Å². The van der Waals surface area contributed by atoms with Gasteiger partial charge in [-0.2, -0.15) is 13.2 Å². The van der Waals surface area contributed by atoms with Crippen molar-refractivity contribution in [1.29, 1.82) is 0 Å². The second-order valence-electron chi connectivity index (χ2n) is 3.95. The predicted molar refractivity (Wildman–Crippen MR) is 68.6 cm³/mol. The maximum Gasteiger partial charge on any atom is 0.416 e. The number of anilines is 1. The van der Waals surface area contributed by atoms with Gasteiger partial charge in [0, 0.05) is 11.8 Å². The summed E-state index contributed by atoms with van der Waals surface area (Å²) < 4.78 is 37.9. The Bertz CT molecular complexity index is 486. The Balaban J connectivity index is 2.23. The number of aliphatic hydroxyl groups is 1. The highest BCUT2D eigenvalue weighted by Crippen LogP contribution is 2.40. The largest absolute Gasteiger partial charge is 0.416 e. The minimum atomic E-state index is -4.61. The third-order valence-electron chi connectivity index (χ3n) is 2.65. The third kappa shape index (κ3) is 2.55. The van der Waals surface area contributed by atoms with Gasteiger partial charge in [0.15, 0.2) is 6.10 Å². The molecule has 1 atom stereocenters. The van der Waals surface area contributed by atoms with Crippen LogP contribution in [0.2, 0.25) is 0 Å². The van der Waals surface area contributed by atoms with Crippen LogP contribution in [0.25, 0.3) is 0 Å². The molecule has 1 aromatic heterocycles. The summed E-state index contributed by atoms with van der Waals surface area (Å²) in [7, 11) is 0. The molecule has 1 aromatic rings. The first-order valence-corrected chi connectivity index (χ1v) is 6.70. The highest BCUT2D eigenvalue weighted by Gasteiger charge is 2.40. The van der Waals surface area contributed by atoms with E-state index in [-0.39, 0.29) is 6.67 Å². The fourth-order valence-corrected chi connectivity index (χ4v) is 3.30. The SMILES string of the molecule is Cc1c(Br)sc2c1C=NCN2C[C@@H](O)C(F)(F)F. The van der Waals surface area contributed by atoms with Crippen LogP contribution >= 0.6 is 27.3 Å². The summed E-state index contributed by atoms with van der Waals surface area (Å²) in [5, 5.41) is 9.82. The second-order valence-corrected chi connectivity index (χ2v) is 6.27. The van der Waals surface area contributed by atoms with Crippen LogP contribution in [-0.2, 0) is 0 Å². The monoisotopic (exact) mass is 342 g/mol. The number of alkyl halides is 3. The molecule has 1 aliphatic rings. The number of hydrogen-bond donors (Lipinski definition) is 1. The van der Waals surface area contributed by atoms with Gasteiger partial charge >= 0.3 is 6.18 Å². The number of nitrogens with zero attached hydrogens (tertiary/aromatic N) is 2. The van der Waals surface area contributed by atoms with Gasteiger partial charge in [-0.25, -0.2) is 0 Å². The first-order valence-electron chi connectivity index (χ1n) is 5.09. The lowest BCUT2D eigenvalue weighted by atomic mass is 10.2. The number of thiophene rings is 1. The maximum atomic E-state index is 12.3. The number of aliphatic hydroxyl groups excluding tert-OH is 1. The van der Waals surface area contributed by atoms with Crippen molar-refractivity contribution in [3.63, 3.8) is 0 Å². The topological polar surface area (TPSA) is 35.8 Å². The fourth-order valence-electron chi connectivity index (χ4n) is 1.62. The van der Waals surface area contributed by atoms with E-state index in [2.05, 4.69) is 20.9 Å². The third-order valence-corrected chi connectivity index (χ3v) is 4.88. The minimum absolute atomic E-state index is 0.131.